The van der Waals surface area contributed by atoms with Crippen LogP contribution >= 0.6 is 0 Å². The molecule has 0 radical (unpaired) electrons. The van der Waals surface area contributed by atoms with Crippen LogP contribution in [0.15, 0.2) is 61.2 Å². The summed E-state index contributed by atoms with van der Waals surface area (Å²) in [5.74, 6) is 0. The summed E-state index contributed by atoms with van der Waals surface area (Å²) in [5.41, 5.74) is 6.40. The van der Waals surface area contributed by atoms with Gasteiger partial charge in [0, 0.05) is 11.9 Å². The van der Waals surface area contributed by atoms with Crippen molar-refractivity contribution in [1.29, 1.82) is 0 Å². The van der Waals surface area contributed by atoms with Gasteiger partial charge in [0.25, 0.3) is 0 Å². The van der Waals surface area contributed by atoms with Gasteiger partial charge in [-0.15, -0.1) is 0 Å². The van der Waals surface area contributed by atoms with Crippen LogP contribution in [0.3, 0.4) is 0 Å². The molecule has 0 N–H and O–H groups in total. The Labute approximate surface area is 168 Å². The number of hydrogen-bond acceptors (Lipinski definition) is 7. The van der Waals surface area contributed by atoms with E-state index in [-0.39, 0.29) is 0 Å². The van der Waals surface area contributed by atoms with Crippen molar-refractivity contribution in [2.45, 2.75) is 27.1 Å². The molecule has 0 aliphatic carbocycles. The van der Waals surface area contributed by atoms with E-state index in [1.807, 2.05) is 50.2 Å². The molecule has 0 spiro atoms. The molecule has 0 bridgehead atoms. The van der Waals surface area contributed by atoms with Gasteiger partial charge in [0.15, 0.2) is 0 Å². The number of pyridine rings is 2. The molecule has 7 heteroatoms. The maximum absolute atomic E-state index is 5.81. The molecule has 7 nitrogen and oxygen atoms in total. The second-order valence-corrected chi connectivity index (χ2v) is 6.61. The summed E-state index contributed by atoms with van der Waals surface area (Å²) < 4.78 is 5.81. The molecular formula is C22H20N6O. The SMILES string of the molecule is Cc1cccc(-c2cccc(COCc3cncc(-c4cncc(C)n4)n3)n2)n1. The van der Waals surface area contributed by atoms with Gasteiger partial charge in [0.05, 0.1) is 60.3 Å². The third kappa shape index (κ3) is 4.83. The third-order valence-corrected chi connectivity index (χ3v) is 4.16. The lowest BCUT2D eigenvalue weighted by Gasteiger charge is -2.07. The van der Waals surface area contributed by atoms with E-state index in [9.17, 15) is 0 Å². The van der Waals surface area contributed by atoms with Crippen LogP contribution in [-0.2, 0) is 18.0 Å². The lowest BCUT2D eigenvalue weighted by atomic mass is 10.2. The Hall–Kier alpha value is -3.58. The molecule has 0 unspecified atom stereocenters. The van der Waals surface area contributed by atoms with E-state index in [2.05, 4.69) is 29.9 Å². The Balaban J connectivity index is 1.42. The van der Waals surface area contributed by atoms with E-state index in [4.69, 9.17) is 4.74 Å². The topological polar surface area (TPSA) is 86.6 Å². The van der Waals surface area contributed by atoms with E-state index in [0.717, 1.165) is 34.2 Å². The fourth-order valence-electron chi connectivity index (χ4n) is 2.83. The maximum atomic E-state index is 5.81. The molecule has 0 aliphatic heterocycles. The van der Waals surface area contributed by atoms with E-state index in [1.54, 1.807) is 24.8 Å². The van der Waals surface area contributed by atoms with Crippen molar-refractivity contribution in [2.24, 2.45) is 0 Å². The maximum Gasteiger partial charge on any atom is 0.109 e. The first kappa shape index (κ1) is 18.8. The molecule has 0 aromatic carbocycles. The molecule has 0 fully saturated rings. The number of ether oxygens (including phenoxy) is 1. The Morgan fingerprint density at radius 2 is 1.21 bits per heavy atom. The molecule has 0 atom stereocenters. The second-order valence-electron chi connectivity index (χ2n) is 6.61. The minimum Gasteiger partial charge on any atom is -0.369 e. The summed E-state index contributed by atoms with van der Waals surface area (Å²) in [6, 6.07) is 11.7. The van der Waals surface area contributed by atoms with Crippen LogP contribution in [0.5, 0.6) is 0 Å². The molecule has 29 heavy (non-hydrogen) atoms. The number of nitrogens with zero attached hydrogens (tertiary/aromatic N) is 6. The molecule has 144 valence electrons. The first-order chi connectivity index (χ1) is 14.2. The van der Waals surface area contributed by atoms with Gasteiger partial charge in [-0.2, -0.15) is 0 Å². The van der Waals surface area contributed by atoms with Crippen molar-refractivity contribution in [3.63, 3.8) is 0 Å². The van der Waals surface area contributed by atoms with Crippen LogP contribution < -0.4 is 0 Å². The lowest BCUT2D eigenvalue weighted by molar-refractivity contribution is 0.102. The van der Waals surface area contributed by atoms with Gasteiger partial charge in [-0.1, -0.05) is 12.1 Å². The Bertz CT molecular complexity index is 1040. The van der Waals surface area contributed by atoms with E-state index < -0.39 is 0 Å². The second kappa shape index (κ2) is 8.62. The van der Waals surface area contributed by atoms with Gasteiger partial charge in [-0.05, 0) is 38.1 Å². The first-order valence-corrected chi connectivity index (χ1v) is 9.25. The Kier molecular flexibility index (Phi) is 5.58. The highest BCUT2D eigenvalue weighted by Crippen LogP contribution is 2.16. The van der Waals surface area contributed by atoms with E-state index >= 15 is 0 Å². The largest absolute Gasteiger partial charge is 0.369 e. The van der Waals surface area contributed by atoms with E-state index in [0.29, 0.717) is 24.6 Å². The molecule has 4 aromatic rings. The average Bonchev–Trinajstić information content (AvgIpc) is 2.74. The molecule has 0 saturated carbocycles. The van der Waals surface area contributed by atoms with Gasteiger partial charge in [0.2, 0.25) is 0 Å². The van der Waals surface area contributed by atoms with Gasteiger partial charge >= 0.3 is 0 Å². The summed E-state index contributed by atoms with van der Waals surface area (Å²) in [7, 11) is 0. The van der Waals surface area contributed by atoms with Gasteiger partial charge in [-0.3, -0.25) is 15.0 Å². The molecular weight excluding hydrogens is 364 g/mol. The van der Waals surface area contributed by atoms with Gasteiger partial charge < -0.3 is 4.74 Å². The van der Waals surface area contributed by atoms with Crippen LogP contribution in [-0.4, -0.2) is 29.9 Å². The summed E-state index contributed by atoms with van der Waals surface area (Å²) in [5, 5.41) is 0. The Morgan fingerprint density at radius 3 is 2.00 bits per heavy atom. The zero-order valence-electron chi connectivity index (χ0n) is 16.3. The zero-order valence-corrected chi connectivity index (χ0v) is 16.3. The van der Waals surface area contributed by atoms with Crippen LogP contribution in [0.25, 0.3) is 22.8 Å². The highest BCUT2D eigenvalue weighted by Gasteiger charge is 2.06. The number of rotatable bonds is 6. The fourth-order valence-corrected chi connectivity index (χ4v) is 2.83. The van der Waals surface area contributed by atoms with Crippen LogP contribution in [0.2, 0.25) is 0 Å². The van der Waals surface area contributed by atoms with Crippen molar-refractivity contribution in [2.75, 3.05) is 0 Å². The average molecular weight is 384 g/mol. The first-order valence-electron chi connectivity index (χ1n) is 9.25. The van der Waals surface area contributed by atoms with Gasteiger partial charge in [0.1, 0.15) is 11.4 Å². The molecule has 4 rings (SSSR count). The highest BCUT2D eigenvalue weighted by molar-refractivity contribution is 5.54. The minimum atomic E-state index is 0.328. The minimum absolute atomic E-state index is 0.328. The molecule has 0 saturated heterocycles. The molecule has 0 amide bonds. The quantitative estimate of drug-likeness (QED) is 0.501. The van der Waals surface area contributed by atoms with Crippen LogP contribution in [0.1, 0.15) is 22.8 Å². The highest BCUT2D eigenvalue weighted by atomic mass is 16.5. The number of aryl methyl sites for hydroxylation is 2. The molecule has 0 aliphatic rings. The Morgan fingerprint density at radius 1 is 0.586 bits per heavy atom. The van der Waals surface area contributed by atoms with Crippen LogP contribution in [0.4, 0.5) is 0 Å². The fraction of sp³-hybridized carbons (Fsp3) is 0.182. The zero-order chi connectivity index (χ0) is 20.1. The summed E-state index contributed by atoms with van der Waals surface area (Å²) >= 11 is 0. The standard InChI is InChI=1S/C22H20N6O/c1-15-5-3-7-19(25-15)20-8-4-6-17(27-20)13-29-14-18-10-24-12-22(28-18)21-11-23-9-16(2)26-21/h3-12H,13-14H2,1-2H3. The van der Waals surface area contributed by atoms with Crippen molar-refractivity contribution < 1.29 is 4.74 Å². The summed E-state index contributed by atoms with van der Waals surface area (Å²) in [6.07, 6.45) is 6.74. The van der Waals surface area contributed by atoms with Crippen molar-refractivity contribution in [1.82, 2.24) is 29.9 Å². The van der Waals surface area contributed by atoms with E-state index in [1.165, 1.54) is 0 Å². The van der Waals surface area contributed by atoms with Crippen LogP contribution in [0, 0.1) is 13.8 Å². The van der Waals surface area contributed by atoms with Crippen molar-refractivity contribution in [3.8, 4) is 22.8 Å². The van der Waals surface area contributed by atoms with Gasteiger partial charge in [-0.25, -0.2) is 15.0 Å². The molecule has 4 aromatic heterocycles. The predicted molar refractivity (Wildman–Crippen MR) is 108 cm³/mol. The summed E-state index contributed by atoms with van der Waals surface area (Å²) in [4.78, 5) is 26.6. The molecule has 4 heterocycles. The number of aromatic nitrogens is 6. The van der Waals surface area contributed by atoms with Crippen molar-refractivity contribution in [3.05, 3.63) is 84.0 Å². The smallest absolute Gasteiger partial charge is 0.109 e. The summed E-state index contributed by atoms with van der Waals surface area (Å²) in [6.45, 7) is 4.56. The monoisotopic (exact) mass is 384 g/mol. The normalized spacial score (nSPS) is 10.8. The van der Waals surface area contributed by atoms with Crippen molar-refractivity contribution >= 4 is 0 Å². The number of hydrogen-bond donors (Lipinski definition) is 0. The third-order valence-electron chi connectivity index (χ3n) is 4.16. The lowest BCUT2D eigenvalue weighted by Crippen LogP contribution is -2.01. The predicted octanol–water partition coefficient (Wildman–Crippen LogP) is 3.72.